The number of para-hydroxylation sites is 1. The van der Waals surface area contributed by atoms with Gasteiger partial charge in [0.05, 0.1) is 0 Å². The molecule has 0 radical (unpaired) electrons. The first-order valence-electron chi connectivity index (χ1n) is 14.2. The Morgan fingerprint density at radius 1 is 0.800 bits per heavy atom. The SMILES string of the molecule is CC(C)c1cccc(C(C)C)c1NC(=O)N(CC1CCCCC1)[C@H]1CC[C@H](c2ccccc2)CC1. The molecule has 2 amide bonds. The predicted molar refractivity (Wildman–Crippen MR) is 148 cm³/mol. The number of urea groups is 1. The van der Waals surface area contributed by atoms with Crippen LogP contribution < -0.4 is 5.32 Å². The summed E-state index contributed by atoms with van der Waals surface area (Å²) in [6, 6.07) is 17.9. The van der Waals surface area contributed by atoms with Crippen molar-refractivity contribution in [2.45, 2.75) is 109 Å². The third-order valence-electron chi connectivity index (χ3n) is 8.45. The average Bonchev–Trinajstić information content (AvgIpc) is 2.88. The lowest BCUT2D eigenvalue weighted by atomic mass is 9.80. The molecule has 0 aliphatic heterocycles. The van der Waals surface area contributed by atoms with Crippen LogP contribution in [0.3, 0.4) is 0 Å². The van der Waals surface area contributed by atoms with Crippen LogP contribution in [0.4, 0.5) is 10.5 Å². The Balaban J connectivity index is 1.54. The smallest absolute Gasteiger partial charge is 0.321 e. The van der Waals surface area contributed by atoms with E-state index in [0.29, 0.717) is 29.7 Å². The zero-order chi connectivity index (χ0) is 24.8. The van der Waals surface area contributed by atoms with Gasteiger partial charge in [-0.2, -0.15) is 0 Å². The highest BCUT2D eigenvalue weighted by atomic mass is 16.2. The fraction of sp³-hybridized carbons (Fsp3) is 0.594. The van der Waals surface area contributed by atoms with Crippen molar-refractivity contribution in [2.75, 3.05) is 11.9 Å². The Bertz CT molecular complexity index is 911. The number of anilines is 1. The number of hydrogen-bond donors (Lipinski definition) is 1. The molecule has 0 bridgehead atoms. The number of nitrogens with one attached hydrogen (secondary N) is 1. The second kappa shape index (κ2) is 12.1. The maximum Gasteiger partial charge on any atom is 0.322 e. The molecule has 0 unspecified atom stereocenters. The van der Waals surface area contributed by atoms with Crippen LogP contribution in [-0.2, 0) is 0 Å². The molecule has 0 saturated heterocycles. The highest BCUT2D eigenvalue weighted by molar-refractivity contribution is 5.91. The van der Waals surface area contributed by atoms with Crippen LogP contribution in [0.25, 0.3) is 0 Å². The van der Waals surface area contributed by atoms with Gasteiger partial charge in [-0.3, -0.25) is 0 Å². The molecule has 3 nitrogen and oxygen atoms in total. The summed E-state index contributed by atoms with van der Waals surface area (Å²) in [5.41, 5.74) is 5.00. The molecule has 0 aromatic heterocycles. The summed E-state index contributed by atoms with van der Waals surface area (Å²) < 4.78 is 0. The molecule has 0 spiro atoms. The summed E-state index contributed by atoms with van der Waals surface area (Å²) in [7, 11) is 0. The molecular formula is C32H46N2O. The van der Waals surface area contributed by atoms with E-state index in [9.17, 15) is 4.79 Å². The molecule has 3 heteroatoms. The lowest BCUT2D eigenvalue weighted by Gasteiger charge is -2.40. The minimum absolute atomic E-state index is 0.119. The van der Waals surface area contributed by atoms with Crippen LogP contribution >= 0.6 is 0 Å². The molecule has 2 aromatic rings. The Hall–Kier alpha value is -2.29. The molecule has 0 heterocycles. The maximum atomic E-state index is 14.0. The van der Waals surface area contributed by atoms with E-state index in [1.807, 2.05) is 0 Å². The van der Waals surface area contributed by atoms with E-state index in [4.69, 9.17) is 0 Å². The first-order chi connectivity index (χ1) is 16.9. The Morgan fingerprint density at radius 2 is 1.40 bits per heavy atom. The first-order valence-corrected chi connectivity index (χ1v) is 14.2. The summed E-state index contributed by atoms with van der Waals surface area (Å²) in [6.07, 6.45) is 11.1. The predicted octanol–water partition coefficient (Wildman–Crippen LogP) is 9.07. The Labute approximate surface area is 213 Å². The van der Waals surface area contributed by atoms with Crippen LogP contribution in [-0.4, -0.2) is 23.5 Å². The van der Waals surface area contributed by atoms with E-state index in [0.717, 1.165) is 25.1 Å². The summed E-state index contributed by atoms with van der Waals surface area (Å²) in [6.45, 7) is 9.80. The molecule has 1 N–H and O–H groups in total. The van der Waals surface area contributed by atoms with Gasteiger partial charge in [-0.15, -0.1) is 0 Å². The van der Waals surface area contributed by atoms with Gasteiger partial charge in [-0.1, -0.05) is 95.5 Å². The number of nitrogens with zero attached hydrogens (tertiary/aromatic N) is 1. The van der Waals surface area contributed by atoms with Crippen molar-refractivity contribution in [3.05, 3.63) is 65.2 Å². The Kier molecular flexibility index (Phi) is 8.92. The third kappa shape index (κ3) is 6.48. The van der Waals surface area contributed by atoms with Crippen LogP contribution in [0.5, 0.6) is 0 Å². The van der Waals surface area contributed by atoms with Crippen LogP contribution in [0, 0.1) is 5.92 Å². The maximum absolute atomic E-state index is 14.0. The van der Waals surface area contributed by atoms with Gasteiger partial charge in [0.15, 0.2) is 0 Å². The largest absolute Gasteiger partial charge is 0.322 e. The molecule has 2 aliphatic carbocycles. The summed E-state index contributed by atoms with van der Waals surface area (Å²) in [5.74, 6) is 2.02. The minimum atomic E-state index is 0.119. The van der Waals surface area contributed by atoms with Gasteiger partial charge in [0.25, 0.3) is 0 Å². The van der Waals surface area contributed by atoms with E-state index in [-0.39, 0.29) is 6.03 Å². The number of hydrogen-bond acceptors (Lipinski definition) is 1. The minimum Gasteiger partial charge on any atom is -0.321 e. The van der Waals surface area contributed by atoms with Crippen molar-refractivity contribution in [1.82, 2.24) is 4.90 Å². The van der Waals surface area contributed by atoms with Crippen molar-refractivity contribution < 1.29 is 4.79 Å². The van der Waals surface area contributed by atoms with Gasteiger partial charge in [0.2, 0.25) is 0 Å². The van der Waals surface area contributed by atoms with Crippen molar-refractivity contribution in [3.8, 4) is 0 Å². The number of rotatable bonds is 7. The van der Waals surface area contributed by atoms with E-state index in [2.05, 4.69) is 86.4 Å². The fourth-order valence-corrected chi connectivity index (χ4v) is 6.37. The molecule has 4 rings (SSSR count). The molecule has 2 aromatic carbocycles. The highest BCUT2D eigenvalue weighted by Gasteiger charge is 2.32. The fourth-order valence-electron chi connectivity index (χ4n) is 6.37. The molecule has 0 atom stereocenters. The number of benzene rings is 2. The summed E-state index contributed by atoms with van der Waals surface area (Å²) in [5, 5.41) is 3.46. The second-order valence-electron chi connectivity index (χ2n) is 11.6. The van der Waals surface area contributed by atoms with E-state index in [1.165, 1.54) is 61.6 Å². The van der Waals surface area contributed by atoms with E-state index in [1.54, 1.807) is 0 Å². The molecule has 2 fully saturated rings. The Morgan fingerprint density at radius 3 is 1.97 bits per heavy atom. The monoisotopic (exact) mass is 474 g/mol. The van der Waals surface area contributed by atoms with Gasteiger partial charge in [0, 0.05) is 18.3 Å². The van der Waals surface area contributed by atoms with Crippen LogP contribution in [0.1, 0.15) is 120 Å². The topological polar surface area (TPSA) is 32.3 Å². The lowest BCUT2D eigenvalue weighted by Crippen LogP contribution is -2.47. The zero-order valence-corrected chi connectivity index (χ0v) is 22.4. The summed E-state index contributed by atoms with van der Waals surface area (Å²) in [4.78, 5) is 16.2. The van der Waals surface area contributed by atoms with Crippen molar-refractivity contribution in [2.24, 2.45) is 5.92 Å². The van der Waals surface area contributed by atoms with Crippen molar-refractivity contribution in [3.63, 3.8) is 0 Å². The van der Waals surface area contributed by atoms with Crippen molar-refractivity contribution in [1.29, 1.82) is 0 Å². The van der Waals surface area contributed by atoms with Gasteiger partial charge in [-0.05, 0) is 78.9 Å². The second-order valence-corrected chi connectivity index (χ2v) is 11.6. The van der Waals surface area contributed by atoms with Gasteiger partial charge >= 0.3 is 6.03 Å². The third-order valence-corrected chi connectivity index (χ3v) is 8.45. The van der Waals surface area contributed by atoms with Crippen LogP contribution in [0.15, 0.2) is 48.5 Å². The number of carbonyl (C=O) groups is 1. The quantitative estimate of drug-likeness (QED) is 0.426. The van der Waals surface area contributed by atoms with Crippen LogP contribution in [0.2, 0.25) is 0 Å². The molecule has 2 aliphatic rings. The first kappa shape index (κ1) is 25.8. The zero-order valence-electron chi connectivity index (χ0n) is 22.4. The van der Waals surface area contributed by atoms with Gasteiger partial charge < -0.3 is 10.2 Å². The number of amides is 2. The standard InChI is InChI=1S/C32H46N2O/c1-23(2)29-16-11-17-30(24(3)4)31(29)33-32(35)34(22-25-12-7-5-8-13-25)28-20-18-27(19-21-28)26-14-9-6-10-15-26/h6,9-11,14-17,23-25,27-28H,5,7-8,12-13,18-22H2,1-4H3,(H,33,35)/t27-,28-. The van der Waals surface area contributed by atoms with Gasteiger partial charge in [-0.25, -0.2) is 4.79 Å². The number of carbonyl (C=O) groups excluding carboxylic acids is 1. The molecular weight excluding hydrogens is 428 g/mol. The highest BCUT2D eigenvalue weighted by Crippen LogP contribution is 2.37. The van der Waals surface area contributed by atoms with E-state index < -0.39 is 0 Å². The van der Waals surface area contributed by atoms with E-state index >= 15 is 0 Å². The molecule has 35 heavy (non-hydrogen) atoms. The van der Waals surface area contributed by atoms with Gasteiger partial charge in [0.1, 0.15) is 0 Å². The average molecular weight is 475 g/mol. The lowest BCUT2D eigenvalue weighted by molar-refractivity contribution is 0.139. The molecule has 190 valence electrons. The normalized spacial score (nSPS) is 21.3. The summed E-state index contributed by atoms with van der Waals surface area (Å²) >= 11 is 0. The van der Waals surface area contributed by atoms with Crippen molar-refractivity contribution >= 4 is 11.7 Å². The molecule has 2 saturated carbocycles.